The fourth-order valence-corrected chi connectivity index (χ4v) is 4.47. The summed E-state index contributed by atoms with van der Waals surface area (Å²) in [6.45, 7) is 0. The van der Waals surface area contributed by atoms with E-state index in [1.165, 1.54) is 12.1 Å². The summed E-state index contributed by atoms with van der Waals surface area (Å²) in [5.41, 5.74) is -2.73. The predicted octanol–water partition coefficient (Wildman–Crippen LogP) is 3.14. The molecule has 25 heavy (non-hydrogen) atoms. The van der Waals surface area contributed by atoms with Gasteiger partial charge in [0.2, 0.25) is 0 Å². The van der Waals surface area contributed by atoms with E-state index < -0.39 is 15.6 Å². The van der Waals surface area contributed by atoms with Crippen LogP contribution in [0.1, 0.15) is 36.1 Å². The SMILES string of the molecule is O=S(=O)(Oc1ccc2c(c1)CCC21CCCc2cncn21)C(F)(F)F. The molecule has 9 heteroatoms. The maximum absolute atomic E-state index is 12.5. The molecule has 1 aromatic carbocycles. The maximum atomic E-state index is 12.5. The van der Waals surface area contributed by atoms with Crippen LogP contribution in [0, 0.1) is 0 Å². The molecule has 5 nitrogen and oxygen atoms in total. The van der Waals surface area contributed by atoms with E-state index in [0.717, 1.165) is 42.5 Å². The lowest BCUT2D eigenvalue weighted by Gasteiger charge is -2.37. The van der Waals surface area contributed by atoms with Crippen molar-refractivity contribution in [3.8, 4) is 5.75 Å². The fraction of sp³-hybridized carbons (Fsp3) is 0.438. The first kappa shape index (κ1) is 16.4. The smallest absolute Gasteiger partial charge is 0.376 e. The quantitative estimate of drug-likeness (QED) is 0.600. The summed E-state index contributed by atoms with van der Waals surface area (Å²) >= 11 is 0. The van der Waals surface area contributed by atoms with E-state index in [9.17, 15) is 21.6 Å². The topological polar surface area (TPSA) is 61.2 Å². The zero-order valence-electron chi connectivity index (χ0n) is 13.1. The minimum absolute atomic E-state index is 0.249. The van der Waals surface area contributed by atoms with E-state index >= 15 is 0 Å². The molecule has 134 valence electrons. The van der Waals surface area contributed by atoms with Crippen LogP contribution in [0.3, 0.4) is 0 Å². The molecule has 0 N–H and O–H groups in total. The standard InChI is InChI=1S/C16H15F3N2O3S/c17-16(18,19)25(22,23)24-13-3-4-14-11(8-13)5-7-15(14)6-1-2-12-9-20-10-21(12)15/h3-4,8-10H,1-2,5-7H2. The molecule has 1 spiro atoms. The molecule has 2 aromatic rings. The number of aryl methyl sites for hydroxylation is 2. The number of benzene rings is 1. The lowest BCUT2D eigenvalue weighted by Crippen LogP contribution is -2.36. The van der Waals surface area contributed by atoms with Crippen molar-refractivity contribution in [2.75, 3.05) is 0 Å². The van der Waals surface area contributed by atoms with Gasteiger partial charge in [0.25, 0.3) is 0 Å². The van der Waals surface area contributed by atoms with Crippen molar-refractivity contribution in [1.29, 1.82) is 0 Å². The van der Waals surface area contributed by atoms with Crippen molar-refractivity contribution in [1.82, 2.24) is 9.55 Å². The van der Waals surface area contributed by atoms with Gasteiger partial charge >= 0.3 is 15.6 Å². The number of nitrogens with zero attached hydrogens (tertiary/aromatic N) is 2. The van der Waals surface area contributed by atoms with Crippen molar-refractivity contribution in [3.63, 3.8) is 0 Å². The van der Waals surface area contributed by atoms with Gasteiger partial charge in [0.1, 0.15) is 5.75 Å². The van der Waals surface area contributed by atoms with Gasteiger partial charge in [-0.15, -0.1) is 0 Å². The van der Waals surface area contributed by atoms with Crippen LogP contribution in [0.25, 0.3) is 0 Å². The maximum Gasteiger partial charge on any atom is 0.534 e. The van der Waals surface area contributed by atoms with Crippen molar-refractivity contribution >= 4 is 10.1 Å². The minimum Gasteiger partial charge on any atom is -0.376 e. The summed E-state index contributed by atoms with van der Waals surface area (Å²) in [7, 11) is -5.66. The largest absolute Gasteiger partial charge is 0.534 e. The normalized spacial score (nSPS) is 22.7. The number of hydrogen-bond acceptors (Lipinski definition) is 4. The molecular weight excluding hydrogens is 357 g/mol. The van der Waals surface area contributed by atoms with Crippen molar-refractivity contribution in [3.05, 3.63) is 47.5 Å². The highest BCUT2D eigenvalue weighted by Crippen LogP contribution is 2.47. The van der Waals surface area contributed by atoms with E-state index in [2.05, 4.69) is 13.7 Å². The lowest BCUT2D eigenvalue weighted by molar-refractivity contribution is -0.0500. The second kappa shape index (κ2) is 5.23. The summed E-state index contributed by atoms with van der Waals surface area (Å²) in [5.74, 6) is -0.310. The molecule has 0 fully saturated rings. The lowest BCUT2D eigenvalue weighted by atomic mass is 9.83. The van der Waals surface area contributed by atoms with Crippen LogP contribution in [0.5, 0.6) is 5.75 Å². The molecule has 4 rings (SSSR count). The summed E-state index contributed by atoms with van der Waals surface area (Å²) in [4.78, 5) is 4.22. The number of halogens is 3. The van der Waals surface area contributed by atoms with Crippen LogP contribution in [0.2, 0.25) is 0 Å². The summed E-state index contributed by atoms with van der Waals surface area (Å²) in [6.07, 6.45) is 7.96. The van der Waals surface area contributed by atoms with Gasteiger partial charge < -0.3 is 8.75 Å². The highest BCUT2D eigenvalue weighted by molar-refractivity contribution is 7.88. The number of fused-ring (bicyclic) bond motifs is 4. The van der Waals surface area contributed by atoms with E-state index in [4.69, 9.17) is 0 Å². The molecule has 0 amide bonds. The monoisotopic (exact) mass is 372 g/mol. The molecule has 2 aliphatic rings. The van der Waals surface area contributed by atoms with E-state index in [1.807, 2.05) is 6.20 Å². The molecule has 1 unspecified atom stereocenters. The Morgan fingerprint density at radius 2 is 2.00 bits per heavy atom. The molecule has 0 bridgehead atoms. The molecular formula is C16H15F3N2O3S. The first-order valence-corrected chi connectivity index (χ1v) is 9.30. The molecule has 1 aromatic heterocycles. The van der Waals surface area contributed by atoms with E-state index in [-0.39, 0.29) is 11.3 Å². The van der Waals surface area contributed by atoms with Gasteiger partial charge in [-0.25, -0.2) is 4.98 Å². The summed E-state index contributed by atoms with van der Waals surface area (Å²) in [6, 6.07) is 4.37. The third kappa shape index (κ3) is 2.44. The third-order valence-electron chi connectivity index (χ3n) is 5.07. The Morgan fingerprint density at radius 3 is 2.76 bits per heavy atom. The van der Waals surface area contributed by atoms with Crippen LogP contribution >= 0.6 is 0 Å². The number of imidazole rings is 1. The van der Waals surface area contributed by atoms with Crippen molar-refractivity contribution in [2.24, 2.45) is 0 Å². The Hall–Kier alpha value is -2.03. The molecule has 0 radical (unpaired) electrons. The zero-order chi connectivity index (χ0) is 17.9. The second-order valence-electron chi connectivity index (χ2n) is 6.44. The van der Waals surface area contributed by atoms with Gasteiger partial charge in [-0.05, 0) is 55.4 Å². The second-order valence-corrected chi connectivity index (χ2v) is 7.98. The Bertz CT molecular complexity index is 936. The third-order valence-corrected chi connectivity index (χ3v) is 6.05. The molecule has 1 aliphatic carbocycles. The van der Waals surface area contributed by atoms with Gasteiger partial charge in [0, 0.05) is 11.9 Å². The summed E-state index contributed by atoms with van der Waals surface area (Å²) < 4.78 is 66.2. The Labute approximate surface area is 142 Å². The number of aromatic nitrogens is 2. The molecule has 1 aliphatic heterocycles. The average molecular weight is 372 g/mol. The van der Waals surface area contributed by atoms with Gasteiger partial charge in [-0.3, -0.25) is 0 Å². The summed E-state index contributed by atoms with van der Waals surface area (Å²) in [5, 5.41) is 0. The van der Waals surface area contributed by atoms with Crippen molar-refractivity contribution in [2.45, 2.75) is 43.2 Å². The highest BCUT2D eigenvalue weighted by atomic mass is 32.2. The number of hydrogen-bond donors (Lipinski definition) is 0. The van der Waals surface area contributed by atoms with Crippen LogP contribution in [0.15, 0.2) is 30.7 Å². The minimum atomic E-state index is -5.66. The molecule has 0 saturated carbocycles. The Morgan fingerprint density at radius 1 is 1.20 bits per heavy atom. The Kier molecular flexibility index (Phi) is 3.44. The molecule has 2 heterocycles. The van der Waals surface area contributed by atoms with E-state index in [1.54, 1.807) is 12.4 Å². The first-order valence-electron chi connectivity index (χ1n) is 7.89. The van der Waals surface area contributed by atoms with Gasteiger partial charge in [-0.2, -0.15) is 21.6 Å². The van der Waals surface area contributed by atoms with Gasteiger partial charge in [0.15, 0.2) is 0 Å². The number of alkyl halides is 3. The zero-order valence-corrected chi connectivity index (χ0v) is 13.9. The van der Waals surface area contributed by atoms with Crippen LogP contribution in [0.4, 0.5) is 13.2 Å². The van der Waals surface area contributed by atoms with Crippen molar-refractivity contribution < 1.29 is 25.8 Å². The van der Waals surface area contributed by atoms with Gasteiger partial charge in [-0.1, -0.05) is 6.07 Å². The predicted molar refractivity (Wildman–Crippen MR) is 82.6 cm³/mol. The first-order chi connectivity index (χ1) is 11.7. The van der Waals surface area contributed by atoms with E-state index in [0.29, 0.717) is 6.42 Å². The van der Waals surface area contributed by atoms with Gasteiger partial charge in [0.05, 0.1) is 11.9 Å². The van der Waals surface area contributed by atoms with Crippen LogP contribution in [-0.4, -0.2) is 23.5 Å². The average Bonchev–Trinajstić information content (AvgIpc) is 3.13. The van der Waals surface area contributed by atoms with Crippen LogP contribution < -0.4 is 4.18 Å². The van der Waals surface area contributed by atoms with Crippen LogP contribution in [-0.2, 0) is 28.5 Å². The molecule has 1 atom stereocenters. The fourth-order valence-electron chi connectivity index (χ4n) is 4.02. The number of rotatable bonds is 2. The Balaban J connectivity index is 1.72. The highest BCUT2D eigenvalue weighted by Gasteiger charge is 2.49. The molecule has 0 saturated heterocycles.